The number of thiazole rings is 1. The third-order valence-electron chi connectivity index (χ3n) is 5.80. The van der Waals surface area contributed by atoms with Crippen molar-refractivity contribution in [2.45, 2.75) is 29.2 Å². The van der Waals surface area contributed by atoms with Gasteiger partial charge in [0.1, 0.15) is 22.3 Å². The number of halogens is 4. The Hall–Kier alpha value is -3.38. The minimum atomic E-state index is -4.50. The first-order valence-corrected chi connectivity index (χ1v) is 13.2. The molecular formula is C24H17F4N3O3S2. The van der Waals surface area contributed by atoms with Crippen LogP contribution in [-0.4, -0.2) is 30.0 Å². The van der Waals surface area contributed by atoms with Gasteiger partial charge in [-0.2, -0.15) is 13.2 Å². The second kappa shape index (κ2) is 9.25. The Labute approximate surface area is 207 Å². The van der Waals surface area contributed by atoms with Crippen molar-refractivity contribution in [2.75, 3.05) is 6.61 Å². The summed E-state index contributed by atoms with van der Waals surface area (Å²) in [5.41, 5.74) is 0.921. The first-order chi connectivity index (χ1) is 17.1. The molecule has 6 nitrogen and oxygen atoms in total. The molecule has 0 saturated carbocycles. The van der Waals surface area contributed by atoms with Crippen molar-refractivity contribution in [2.24, 2.45) is 0 Å². The molecule has 0 bridgehead atoms. The van der Waals surface area contributed by atoms with Crippen molar-refractivity contribution in [3.8, 4) is 16.3 Å². The highest BCUT2D eigenvalue weighted by Crippen LogP contribution is 2.44. The summed E-state index contributed by atoms with van der Waals surface area (Å²) in [6.45, 7) is 0.251. The highest BCUT2D eigenvalue weighted by molar-refractivity contribution is 7.90. The lowest BCUT2D eigenvalue weighted by atomic mass is 9.83. The van der Waals surface area contributed by atoms with Crippen molar-refractivity contribution >= 4 is 21.2 Å². The number of hydrogen-bond acceptors (Lipinski definition) is 7. The molecule has 0 fully saturated rings. The largest absolute Gasteiger partial charge is 0.493 e. The lowest BCUT2D eigenvalue weighted by molar-refractivity contribution is -0.137. The first-order valence-electron chi connectivity index (χ1n) is 10.7. The fourth-order valence-corrected chi connectivity index (χ4v) is 6.02. The van der Waals surface area contributed by atoms with E-state index in [0.717, 1.165) is 24.5 Å². The molecule has 186 valence electrons. The van der Waals surface area contributed by atoms with E-state index in [1.54, 1.807) is 11.4 Å². The molecule has 0 aliphatic carbocycles. The zero-order chi connectivity index (χ0) is 25.5. The zero-order valence-corrected chi connectivity index (χ0v) is 20.0. The van der Waals surface area contributed by atoms with Crippen LogP contribution in [0.1, 0.15) is 34.9 Å². The molecule has 3 heterocycles. The molecule has 0 N–H and O–H groups in total. The van der Waals surface area contributed by atoms with Crippen LogP contribution in [0.2, 0.25) is 0 Å². The summed E-state index contributed by atoms with van der Waals surface area (Å²) in [6.07, 6.45) is -0.698. The zero-order valence-electron chi connectivity index (χ0n) is 18.4. The topological polar surface area (TPSA) is 82.0 Å². The summed E-state index contributed by atoms with van der Waals surface area (Å²) in [5.74, 6) is -1.25. The maximum absolute atomic E-state index is 13.4. The number of aromatic nitrogens is 3. The normalized spacial score (nSPS) is 15.8. The van der Waals surface area contributed by atoms with E-state index in [2.05, 4.69) is 15.0 Å². The molecular weight excluding hydrogens is 518 g/mol. The molecule has 5 rings (SSSR count). The Morgan fingerprint density at radius 1 is 1.03 bits per heavy atom. The summed E-state index contributed by atoms with van der Waals surface area (Å²) in [4.78, 5) is 11.6. The smallest absolute Gasteiger partial charge is 0.416 e. The molecule has 4 aromatic rings. The summed E-state index contributed by atoms with van der Waals surface area (Å²) >= 11 is 1.24. The predicted octanol–water partition coefficient (Wildman–Crippen LogP) is 5.65. The Morgan fingerprint density at radius 2 is 1.78 bits per heavy atom. The molecule has 12 heteroatoms. The average molecular weight is 536 g/mol. The molecule has 1 aliphatic rings. The SMILES string of the molecule is O=S(=O)(Cc1ncc(F)cn1)c1ccc2c(c1)OCC[C@H]2c1ccc(C(F)(F)F)cc1-c1nccs1. The maximum Gasteiger partial charge on any atom is 0.416 e. The predicted molar refractivity (Wildman–Crippen MR) is 124 cm³/mol. The Bertz CT molecular complexity index is 1510. The van der Waals surface area contributed by atoms with Crippen LogP contribution in [0, 0.1) is 5.82 Å². The molecule has 0 amide bonds. The van der Waals surface area contributed by atoms with Crippen LogP contribution in [0.25, 0.3) is 10.6 Å². The van der Waals surface area contributed by atoms with Gasteiger partial charge in [-0.15, -0.1) is 11.3 Å². The van der Waals surface area contributed by atoms with E-state index in [9.17, 15) is 26.0 Å². The van der Waals surface area contributed by atoms with Gasteiger partial charge in [-0.25, -0.2) is 27.8 Å². The molecule has 36 heavy (non-hydrogen) atoms. The highest BCUT2D eigenvalue weighted by atomic mass is 32.2. The first kappa shape index (κ1) is 24.3. The molecule has 1 atom stereocenters. The number of nitrogens with zero attached hydrogens (tertiary/aromatic N) is 3. The fraction of sp³-hybridized carbons (Fsp3) is 0.208. The fourth-order valence-electron chi connectivity index (χ4n) is 4.13. The van der Waals surface area contributed by atoms with Crippen molar-refractivity contribution in [3.63, 3.8) is 0 Å². The second-order valence-corrected chi connectivity index (χ2v) is 11.0. The van der Waals surface area contributed by atoms with Crippen LogP contribution < -0.4 is 4.74 Å². The van der Waals surface area contributed by atoms with Crippen LogP contribution in [0.3, 0.4) is 0 Å². The van der Waals surface area contributed by atoms with Crippen LogP contribution in [0.4, 0.5) is 17.6 Å². The number of benzene rings is 2. The number of ether oxygens (including phenoxy) is 1. The molecule has 0 radical (unpaired) electrons. The van der Waals surface area contributed by atoms with Crippen LogP contribution in [0.5, 0.6) is 5.75 Å². The summed E-state index contributed by atoms with van der Waals surface area (Å²) in [7, 11) is -3.87. The minimum absolute atomic E-state index is 0.0256. The van der Waals surface area contributed by atoms with Crippen molar-refractivity contribution in [1.82, 2.24) is 15.0 Å². The van der Waals surface area contributed by atoms with Crippen LogP contribution in [0.15, 0.2) is 65.3 Å². The van der Waals surface area contributed by atoms with Gasteiger partial charge in [0.25, 0.3) is 0 Å². The van der Waals surface area contributed by atoms with Gasteiger partial charge in [0.05, 0.1) is 29.5 Å². The summed E-state index contributed by atoms with van der Waals surface area (Å²) in [5, 5.41) is 2.15. The minimum Gasteiger partial charge on any atom is -0.493 e. The monoisotopic (exact) mass is 535 g/mol. The van der Waals surface area contributed by atoms with Gasteiger partial charge in [0.15, 0.2) is 15.7 Å². The van der Waals surface area contributed by atoms with Crippen molar-refractivity contribution < 1.29 is 30.7 Å². The standard InChI is InChI=1S/C24H17F4N3O3S2/c25-15-11-30-22(31-12-15)13-36(32,33)16-2-4-19-18(5-7-34-21(19)10-16)17-3-1-14(24(26,27)28)9-20(17)23-29-6-8-35-23/h1-4,6,8-12,18H,5,7,13H2/t18-/m0/s1. The van der Waals surface area contributed by atoms with E-state index in [1.807, 2.05) is 0 Å². The van der Waals surface area contributed by atoms with Crippen LogP contribution in [-0.2, 0) is 21.8 Å². The molecule has 0 saturated heterocycles. The van der Waals surface area contributed by atoms with Crippen molar-refractivity contribution in [1.29, 1.82) is 0 Å². The molecule has 2 aromatic heterocycles. The van der Waals surface area contributed by atoms with E-state index >= 15 is 0 Å². The molecule has 0 spiro atoms. The Kier molecular flexibility index (Phi) is 6.25. The van der Waals surface area contributed by atoms with Crippen LogP contribution >= 0.6 is 11.3 Å². The van der Waals surface area contributed by atoms with Gasteiger partial charge in [-0.3, -0.25) is 0 Å². The summed E-state index contributed by atoms with van der Waals surface area (Å²) in [6, 6.07) is 8.03. The quantitative estimate of drug-likeness (QED) is 0.308. The Balaban J connectivity index is 1.53. The van der Waals surface area contributed by atoms with E-state index < -0.39 is 33.1 Å². The number of alkyl halides is 3. The van der Waals surface area contributed by atoms with Gasteiger partial charge in [0.2, 0.25) is 0 Å². The molecule has 1 aliphatic heterocycles. The van der Waals surface area contributed by atoms with Gasteiger partial charge in [-0.1, -0.05) is 12.1 Å². The van der Waals surface area contributed by atoms with Gasteiger partial charge < -0.3 is 4.74 Å². The second-order valence-electron chi connectivity index (χ2n) is 8.10. The van der Waals surface area contributed by atoms with E-state index in [4.69, 9.17) is 4.74 Å². The molecule has 0 unspecified atom stereocenters. The lowest BCUT2D eigenvalue weighted by Crippen LogP contribution is -2.17. The molecule has 2 aromatic carbocycles. The van der Waals surface area contributed by atoms with E-state index in [1.165, 1.54) is 35.7 Å². The van der Waals surface area contributed by atoms with Gasteiger partial charge in [-0.05, 0) is 36.2 Å². The average Bonchev–Trinajstić information content (AvgIpc) is 3.39. The number of sulfone groups is 1. The number of fused-ring (bicyclic) bond motifs is 1. The van der Waals surface area contributed by atoms with E-state index in [0.29, 0.717) is 33.9 Å². The third-order valence-corrected chi connectivity index (χ3v) is 8.21. The van der Waals surface area contributed by atoms with Gasteiger partial charge in [0, 0.05) is 28.6 Å². The van der Waals surface area contributed by atoms with E-state index in [-0.39, 0.29) is 23.2 Å². The summed E-state index contributed by atoms with van der Waals surface area (Å²) < 4.78 is 84.9. The third kappa shape index (κ3) is 4.82. The van der Waals surface area contributed by atoms with Crippen molar-refractivity contribution in [3.05, 3.63) is 88.7 Å². The number of rotatable bonds is 5. The van der Waals surface area contributed by atoms with Gasteiger partial charge >= 0.3 is 6.18 Å². The maximum atomic E-state index is 13.4. The Morgan fingerprint density at radius 3 is 2.47 bits per heavy atom. The number of hydrogen-bond donors (Lipinski definition) is 0. The lowest BCUT2D eigenvalue weighted by Gasteiger charge is -2.28. The highest BCUT2D eigenvalue weighted by Gasteiger charge is 2.33.